The summed E-state index contributed by atoms with van der Waals surface area (Å²) in [5.74, 6) is 0.852. The van der Waals surface area contributed by atoms with E-state index in [1.165, 1.54) is 0 Å². The maximum Gasteiger partial charge on any atom is 0.410 e. The van der Waals surface area contributed by atoms with Crippen molar-refractivity contribution in [2.45, 2.75) is 78.2 Å². The largest absolute Gasteiger partial charge is 0.444 e. The monoisotopic (exact) mass is 405 g/mol. The predicted octanol–water partition coefficient (Wildman–Crippen LogP) is 1.85. The van der Waals surface area contributed by atoms with Crippen LogP contribution in [0.25, 0.3) is 0 Å². The Labute approximate surface area is 176 Å². The molecule has 29 heavy (non-hydrogen) atoms. The van der Waals surface area contributed by atoms with Gasteiger partial charge in [0, 0.05) is 31.9 Å². The summed E-state index contributed by atoms with van der Waals surface area (Å²) in [6.45, 7) is 16.0. The van der Waals surface area contributed by atoms with Crippen LogP contribution < -0.4 is 10.4 Å². The normalized spacial score (nSPS) is 18.1. The molecule has 2 radical (unpaired) electrons. The minimum Gasteiger partial charge on any atom is -0.444 e. The van der Waals surface area contributed by atoms with Gasteiger partial charge in [0.25, 0.3) is 0 Å². The molecule has 1 saturated heterocycles. The molecule has 2 N–H and O–H groups in total. The molecule has 2 heterocycles. The highest BCUT2D eigenvalue weighted by molar-refractivity contribution is 6.32. The van der Waals surface area contributed by atoms with Crippen LogP contribution in [-0.4, -0.2) is 76.5 Å². The van der Waals surface area contributed by atoms with Crippen molar-refractivity contribution in [1.82, 2.24) is 9.88 Å². The predicted molar refractivity (Wildman–Crippen MR) is 117 cm³/mol. The van der Waals surface area contributed by atoms with E-state index in [-0.39, 0.29) is 12.1 Å². The fourth-order valence-corrected chi connectivity index (χ4v) is 2.36. The van der Waals surface area contributed by atoms with Crippen molar-refractivity contribution < 1.29 is 19.7 Å². The molecule has 162 valence electrons. The Balaban J connectivity index is 0.000000447. The first-order chi connectivity index (χ1) is 13.0. The van der Waals surface area contributed by atoms with E-state index in [2.05, 4.69) is 9.88 Å². The number of rotatable bonds is 2. The molecule has 1 fully saturated rings. The van der Waals surface area contributed by atoms with Gasteiger partial charge in [0.05, 0.1) is 11.2 Å². The number of ether oxygens (including phenoxy) is 1. The molecule has 0 saturated carbocycles. The number of nitrogens with zero attached hydrogens (tertiary/aromatic N) is 3. The smallest absolute Gasteiger partial charge is 0.410 e. The summed E-state index contributed by atoms with van der Waals surface area (Å²) in [4.78, 5) is 20.4. The number of anilines is 1. The number of carbonyl (C=O) groups is 1. The third-order valence-electron chi connectivity index (χ3n) is 4.85. The molecule has 1 atom stereocenters. The van der Waals surface area contributed by atoms with Crippen LogP contribution in [0.2, 0.25) is 0 Å². The number of aromatic nitrogens is 1. The van der Waals surface area contributed by atoms with Crippen LogP contribution in [0.1, 0.15) is 55.4 Å². The highest BCUT2D eigenvalue weighted by Crippen LogP contribution is 2.19. The van der Waals surface area contributed by atoms with E-state index in [0.29, 0.717) is 12.0 Å². The molecule has 1 unspecified atom stereocenters. The van der Waals surface area contributed by atoms with Gasteiger partial charge in [-0.1, -0.05) is 11.5 Å². The fraction of sp³-hybridized carbons (Fsp3) is 0.714. The van der Waals surface area contributed by atoms with Crippen molar-refractivity contribution in [3.8, 4) is 0 Å². The average Bonchev–Trinajstić information content (AvgIpc) is 2.51. The molecule has 8 heteroatoms. The van der Waals surface area contributed by atoms with E-state index in [1.54, 1.807) is 44.9 Å². The molecule has 1 aliphatic heterocycles. The molecule has 1 amide bonds. The summed E-state index contributed by atoms with van der Waals surface area (Å²) in [6, 6.07) is 3.69. The van der Waals surface area contributed by atoms with Crippen LogP contribution in [0.3, 0.4) is 0 Å². The van der Waals surface area contributed by atoms with Crippen molar-refractivity contribution in [1.29, 1.82) is 0 Å². The molecule has 0 aliphatic carbocycles. The van der Waals surface area contributed by atoms with Crippen molar-refractivity contribution >= 4 is 25.2 Å². The van der Waals surface area contributed by atoms with E-state index in [0.717, 1.165) is 18.9 Å². The summed E-state index contributed by atoms with van der Waals surface area (Å²) < 4.78 is 5.44. The van der Waals surface area contributed by atoms with Crippen molar-refractivity contribution in [3.05, 3.63) is 18.3 Å². The highest BCUT2D eigenvalue weighted by atomic mass is 16.6. The molecule has 1 aromatic heterocycles. The van der Waals surface area contributed by atoms with Gasteiger partial charge in [-0.2, -0.15) is 0 Å². The summed E-state index contributed by atoms with van der Waals surface area (Å²) >= 11 is 0. The Kier molecular flexibility index (Phi) is 8.13. The van der Waals surface area contributed by atoms with E-state index in [1.807, 2.05) is 33.8 Å². The lowest BCUT2D eigenvalue weighted by Gasteiger charge is -2.40. The number of piperazine rings is 1. The molecule has 7 nitrogen and oxygen atoms in total. The number of pyridine rings is 1. The topological polar surface area (TPSA) is 86.1 Å². The highest BCUT2D eigenvalue weighted by Gasteiger charge is 2.32. The van der Waals surface area contributed by atoms with Crippen LogP contribution >= 0.6 is 0 Å². The number of hydrogen-bond donors (Lipinski definition) is 2. The zero-order valence-electron chi connectivity index (χ0n) is 19.1. The van der Waals surface area contributed by atoms with Gasteiger partial charge in [-0.3, -0.25) is 0 Å². The van der Waals surface area contributed by atoms with Gasteiger partial charge in [-0.25, -0.2) is 9.78 Å². The van der Waals surface area contributed by atoms with Crippen molar-refractivity contribution in [2.75, 3.05) is 24.5 Å². The van der Waals surface area contributed by atoms with Gasteiger partial charge in [-0.15, -0.1) is 0 Å². The second kappa shape index (κ2) is 9.35. The lowest BCUT2D eigenvalue weighted by molar-refractivity contribution is -0.107. The number of carbonyl (C=O) groups excluding carboxylic acids is 1. The van der Waals surface area contributed by atoms with E-state index in [4.69, 9.17) is 22.8 Å². The van der Waals surface area contributed by atoms with E-state index >= 15 is 0 Å². The Bertz CT molecular complexity index is 666. The molecular formula is C21H36BN3O4. The Morgan fingerprint density at radius 3 is 2.10 bits per heavy atom. The number of aliphatic hydroxyl groups is 2. The summed E-state index contributed by atoms with van der Waals surface area (Å²) in [5.41, 5.74) is -1.79. The Morgan fingerprint density at radius 2 is 1.69 bits per heavy atom. The molecule has 1 aliphatic rings. The SMILES string of the molecule is CC(C)(O)C(C)(C)O.[B]c1ccnc(N2CCN(C(=O)OC(C)(C)C)C(C)C2)c1. The lowest BCUT2D eigenvalue weighted by Crippen LogP contribution is -2.55. The maximum absolute atomic E-state index is 12.2. The maximum atomic E-state index is 12.2. The molecule has 1 aromatic rings. The minimum atomic E-state index is -1.01. The van der Waals surface area contributed by atoms with Gasteiger partial charge in [0.2, 0.25) is 0 Å². The zero-order valence-corrected chi connectivity index (χ0v) is 19.1. The Hall–Kier alpha value is -1.80. The lowest BCUT2D eigenvalue weighted by atomic mass is 9.90. The first-order valence-corrected chi connectivity index (χ1v) is 9.92. The van der Waals surface area contributed by atoms with Crippen LogP contribution in [0, 0.1) is 0 Å². The standard InChI is InChI=1S/C15H22BN3O2.C6H14O2/c1-11-10-18(13-9-12(16)5-6-17-13)7-8-19(11)14(20)21-15(2,3)4;1-5(2,7)6(3,4)8/h5-6,9,11H,7-8,10H2,1-4H3;7-8H,1-4H3. The second-order valence-corrected chi connectivity index (χ2v) is 9.53. The summed E-state index contributed by atoms with van der Waals surface area (Å²) in [5, 5.41) is 18.2. The van der Waals surface area contributed by atoms with E-state index in [9.17, 15) is 4.79 Å². The third-order valence-corrected chi connectivity index (χ3v) is 4.85. The quantitative estimate of drug-likeness (QED) is 0.731. The van der Waals surface area contributed by atoms with Crippen LogP contribution in [0.5, 0.6) is 0 Å². The van der Waals surface area contributed by atoms with Gasteiger partial charge in [0.15, 0.2) is 0 Å². The third kappa shape index (κ3) is 8.22. The molecular weight excluding hydrogens is 369 g/mol. The minimum absolute atomic E-state index is 0.0665. The van der Waals surface area contributed by atoms with Crippen LogP contribution in [0.4, 0.5) is 10.6 Å². The van der Waals surface area contributed by atoms with Gasteiger partial charge in [-0.05, 0) is 61.5 Å². The first kappa shape index (κ1) is 25.2. The molecule has 0 bridgehead atoms. The first-order valence-electron chi connectivity index (χ1n) is 9.92. The van der Waals surface area contributed by atoms with Crippen molar-refractivity contribution in [2.24, 2.45) is 0 Å². The second-order valence-electron chi connectivity index (χ2n) is 9.53. The average molecular weight is 405 g/mol. The van der Waals surface area contributed by atoms with E-state index < -0.39 is 16.8 Å². The Morgan fingerprint density at radius 1 is 1.14 bits per heavy atom. The zero-order chi connectivity index (χ0) is 22.6. The molecule has 2 rings (SSSR count). The summed E-state index contributed by atoms with van der Waals surface area (Å²) in [6.07, 6.45) is 1.45. The number of hydrogen-bond acceptors (Lipinski definition) is 6. The van der Waals surface area contributed by atoms with Gasteiger partial charge < -0.3 is 24.7 Å². The van der Waals surface area contributed by atoms with Gasteiger partial charge >= 0.3 is 6.09 Å². The number of amides is 1. The fourth-order valence-electron chi connectivity index (χ4n) is 2.36. The van der Waals surface area contributed by atoms with Crippen LogP contribution in [0.15, 0.2) is 18.3 Å². The van der Waals surface area contributed by atoms with Crippen LogP contribution in [-0.2, 0) is 4.74 Å². The molecule has 0 aromatic carbocycles. The van der Waals surface area contributed by atoms with Gasteiger partial charge in [0.1, 0.15) is 19.3 Å². The molecule has 0 spiro atoms. The summed E-state index contributed by atoms with van der Waals surface area (Å²) in [7, 11) is 5.79. The van der Waals surface area contributed by atoms with Crippen molar-refractivity contribution in [3.63, 3.8) is 0 Å².